The number of aryl methyl sites for hydroxylation is 1. The van der Waals surface area contributed by atoms with E-state index >= 15 is 0 Å². The fourth-order valence-electron chi connectivity index (χ4n) is 1.72. The molecule has 0 saturated carbocycles. The molecule has 0 bridgehead atoms. The van der Waals surface area contributed by atoms with Gasteiger partial charge in [-0.1, -0.05) is 30.3 Å². The van der Waals surface area contributed by atoms with Crippen LogP contribution in [0, 0.1) is 0 Å². The summed E-state index contributed by atoms with van der Waals surface area (Å²) in [6.07, 6.45) is 1.77. The Bertz CT molecular complexity index is 447. The van der Waals surface area contributed by atoms with E-state index in [-0.39, 0.29) is 6.04 Å². The Morgan fingerprint density at radius 3 is 2.56 bits per heavy atom. The van der Waals surface area contributed by atoms with Gasteiger partial charge in [-0.2, -0.15) is 5.10 Å². The number of halogens is 1. The molecule has 1 atom stereocenters. The summed E-state index contributed by atoms with van der Waals surface area (Å²) in [7, 11) is 1.90. The Labute approximate surface area is 103 Å². The lowest BCUT2D eigenvalue weighted by atomic mass is 10.0. The number of nitrogens with zero attached hydrogens (tertiary/aromatic N) is 2. The van der Waals surface area contributed by atoms with Crippen LogP contribution in [0.2, 0.25) is 0 Å². The summed E-state index contributed by atoms with van der Waals surface area (Å²) >= 11 is 3.48. The number of benzene rings is 1. The minimum absolute atomic E-state index is 0.0666. The maximum absolute atomic E-state index is 5.62. The van der Waals surface area contributed by atoms with Crippen molar-refractivity contribution in [3.8, 4) is 0 Å². The smallest absolute Gasteiger partial charge is 0.0889 e. The van der Waals surface area contributed by atoms with Gasteiger partial charge >= 0.3 is 0 Å². The van der Waals surface area contributed by atoms with Gasteiger partial charge in [-0.25, -0.2) is 5.43 Å². The topological polar surface area (TPSA) is 55.9 Å². The largest absolute Gasteiger partial charge is 0.271 e. The minimum Gasteiger partial charge on any atom is -0.271 e. The lowest BCUT2D eigenvalue weighted by molar-refractivity contribution is 0.573. The monoisotopic (exact) mass is 280 g/mol. The van der Waals surface area contributed by atoms with Crippen LogP contribution in [0.3, 0.4) is 0 Å². The third-order valence-corrected chi connectivity index (χ3v) is 3.12. The summed E-state index contributed by atoms with van der Waals surface area (Å²) in [4.78, 5) is 0. The van der Waals surface area contributed by atoms with Gasteiger partial charge in [0.1, 0.15) is 0 Å². The molecule has 5 heteroatoms. The van der Waals surface area contributed by atoms with Crippen molar-refractivity contribution < 1.29 is 0 Å². The molecule has 1 heterocycles. The van der Waals surface area contributed by atoms with Gasteiger partial charge in [0.25, 0.3) is 0 Å². The zero-order chi connectivity index (χ0) is 11.5. The molecule has 0 amide bonds. The Balaban J connectivity index is 2.45. The van der Waals surface area contributed by atoms with Crippen molar-refractivity contribution in [3.05, 3.63) is 52.3 Å². The third-order valence-electron chi connectivity index (χ3n) is 2.51. The van der Waals surface area contributed by atoms with Gasteiger partial charge in [0.15, 0.2) is 0 Å². The number of hydrogen-bond acceptors (Lipinski definition) is 3. The Kier molecular flexibility index (Phi) is 3.38. The van der Waals surface area contributed by atoms with E-state index in [9.17, 15) is 0 Å². The molecule has 2 aromatic rings. The Hall–Kier alpha value is -1.17. The quantitative estimate of drug-likeness (QED) is 0.665. The van der Waals surface area contributed by atoms with E-state index in [2.05, 4.69) is 26.5 Å². The average molecular weight is 281 g/mol. The highest BCUT2D eigenvalue weighted by atomic mass is 79.9. The van der Waals surface area contributed by atoms with Gasteiger partial charge in [0.05, 0.1) is 22.4 Å². The molecule has 0 fully saturated rings. The zero-order valence-electron chi connectivity index (χ0n) is 8.89. The minimum atomic E-state index is -0.0666. The summed E-state index contributed by atoms with van der Waals surface area (Å²) in [5, 5.41) is 4.18. The fraction of sp³-hybridized carbons (Fsp3) is 0.182. The van der Waals surface area contributed by atoms with Crippen molar-refractivity contribution in [2.45, 2.75) is 6.04 Å². The molecular weight excluding hydrogens is 268 g/mol. The Morgan fingerprint density at radius 2 is 2.06 bits per heavy atom. The van der Waals surface area contributed by atoms with E-state index < -0.39 is 0 Å². The predicted molar refractivity (Wildman–Crippen MR) is 66.5 cm³/mol. The number of nitrogens with one attached hydrogen (secondary N) is 1. The van der Waals surface area contributed by atoms with Crippen molar-refractivity contribution in [3.63, 3.8) is 0 Å². The van der Waals surface area contributed by atoms with Crippen molar-refractivity contribution in [1.82, 2.24) is 15.2 Å². The molecule has 0 spiro atoms. The van der Waals surface area contributed by atoms with E-state index in [1.54, 1.807) is 6.20 Å². The molecular formula is C11H13BrN4. The van der Waals surface area contributed by atoms with Crippen LogP contribution < -0.4 is 11.3 Å². The summed E-state index contributed by atoms with van der Waals surface area (Å²) < 4.78 is 2.75. The second-order valence-electron chi connectivity index (χ2n) is 3.51. The number of hydrazine groups is 1. The van der Waals surface area contributed by atoms with E-state index in [1.807, 2.05) is 42.1 Å². The first-order valence-electron chi connectivity index (χ1n) is 4.92. The SMILES string of the molecule is Cn1ncc(Br)c1C(NN)c1ccccc1. The van der Waals surface area contributed by atoms with Gasteiger partial charge in [-0.15, -0.1) is 0 Å². The van der Waals surface area contributed by atoms with Gasteiger partial charge < -0.3 is 0 Å². The van der Waals surface area contributed by atoms with Crippen molar-refractivity contribution in [1.29, 1.82) is 0 Å². The zero-order valence-corrected chi connectivity index (χ0v) is 10.5. The number of nitrogens with two attached hydrogens (primary N) is 1. The molecule has 1 aromatic carbocycles. The van der Waals surface area contributed by atoms with Crippen LogP contribution in [0.25, 0.3) is 0 Å². The summed E-state index contributed by atoms with van der Waals surface area (Å²) in [6.45, 7) is 0. The molecule has 0 aliphatic rings. The van der Waals surface area contributed by atoms with Crippen LogP contribution >= 0.6 is 15.9 Å². The highest BCUT2D eigenvalue weighted by Crippen LogP contribution is 2.27. The third kappa shape index (κ3) is 2.02. The Morgan fingerprint density at radius 1 is 1.38 bits per heavy atom. The van der Waals surface area contributed by atoms with Gasteiger partial charge in [0, 0.05) is 7.05 Å². The second-order valence-corrected chi connectivity index (χ2v) is 4.37. The molecule has 0 aliphatic heterocycles. The van der Waals surface area contributed by atoms with Crippen LogP contribution in [-0.2, 0) is 7.05 Å². The van der Waals surface area contributed by atoms with Crippen molar-refractivity contribution in [2.24, 2.45) is 12.9 Å². The number of rotatable bonds is 3. The fourth-order valence-corrected chi connectivity index (χ4v) is 2.30. The molecule has 3 N–H and O–H groups in total. The van der Waals surface area contributed by atoms with Crippen LogP contribution in [0.1, 0.15) is 17.3 Å². The molecule has 1 unspecified atom stereocenters. The lowest BCUT2D eigenvalue weighted by Gasteiger charge is -2.17. The first-order valence-corrected chi connectivity index (χ1v) is 5.72. The second kappa shape index (κ2) is 4.78. The van der Waals surface area contributed by atoms with E-state index in [0.29, 0.717) is 0 Å². The van der Waals surface area contributed by atoms with E-state index in [1.165, 1.54) is 0 Å². The molecule has 16 heavy (non-hydrogen) atoms. The van der Waals surface area contributed by atoms with Crippen molar-refractivity contribution in [2.75, 3.05) is 0 Å². The molecule has 1 aromatic heterocycles. The molecule has 0 aliphatic carbocycles. The summed E-state index contributed by atoms with van der Waals surface area (Å²) in [6, 6.07) is 9.96. The molecule has 84 valence electrons. The average Bonchev–Trinajstić information content (AvgIpc) is 2.63. The van der Waals surface area contributed by atoms with Crippen LogP contribution in [-0.4, -0.2) is 9.78 Å². The highest BCUT2D eigenvalue weighted by molar-refractivity contribution is 9.10. The molecule has 0 saturated heterocycles. The van der Waals surface area contributed by atoms with Gasteiger partial charge in [0.2, 0.25) is 0 Å². The number of aromatic nitrogens is 2. The lowest BCUT2D eigenvalue weighted by Crippen LogP contribution is -2.30. The number of hydrogen-bond donors (Lipinski definition) is 2. The maximum atomic E-state index is 5.62. The van der Waals surface area contributed by atoms with E-state index in [0.717, 1.165) is 15.7 Å². The summed E-state index contributed by atoms with van der Waals surface area (Å²) in [5.74, 6) is 5.62. The molecule has 0 radical (unpaired) electrons. The highest BCUT2D eigenvalue weighted by Gasteiger charge is 2.18. The molecule has 2 rings (SSSR count). The van der Waals surface area contributed by atoms with Crippen molar-refractivity contribution >= 4 is 15.9 Å². The van der Waals surface area contributed by atoms with Crippen LogP contribution in [0.15, 0.2) is 41.0 Å². The first-order chi connectivity index (χ1) is 7.74. The van der Waals surface area contributed by atoms with Crippen LogP contribution in [0.5, 0.6) is 0 Å². The maximum Gasteiger partial charge on any atom is 0.0889 e. The standard InChI is InChI=1S/C11H13BrN4/c1-16-11(9(12)7-14-16)10(15-13)8-5-3-2-4-6-8/h2-7,10,15H,13H2,1H3. The van der Waals surface area contributed by atoms with Gasteiger partial charge in [-0.3, -0.25) is 10.5 Å². The normalized spacial score (nSPS) is 12.7. The summed E-state index contributed by atoms with van der Waals surface area (Å²) in [5.41, 5.74) is 4.93. The van der Waals surface area contributed by atoms with E-state index in [4.69, 9.17) is 5.84 Å². The molecule has 4 nitrogen and oxygen atoms in total. The predicted octanol–water partition coefficient (Wildman–Crippen LogP) is 1.74. The van der Waals surface area contributed by atoms with Gasteiger partial charge in [-0.05, 0) is 21.5 Å². The van der Waals surface area contributed by atoms with Crippen LogP contribution in [0.4, 0.5) is 0 Å². The first kappa shape index (κ1) is 11.3.